The smallest absolute Gasteiger partial charge is 0.284 e. The van der Waals surface area contributed by atoms with E-state index in [2.05, 4.69) is 47.9 Å². The number of rotatable bonds is 18. The van der Waals surface area contributed by atoms with Gasteiger partial charge < -0.3 is 34.3 Å². The molecule has 8 rings (SSSR count). The summed E-state index contributed by atoms with van der Waals surface area (Å²) in [5.41, 5.74) is 0.998. The molecule has 4 aromatic rings. The number of carbonyl (C=O) groups excluding carboxylic acids is 5. The number of hydrogen-bond donors (Lipinski definition) is 3. The Bertz CT molecular complexity index is 2340. The number of piperidine rings is 1. The molecular formula is C44H52F2N10O8. The normalized spacial score (nSPS) is 20.3. The Labute approximate surface area is 368 Å². The summed E-state index contributed by atoms with van der Waals surface area (Å²) in [6.45, 7) is 5.94. The summed E-state index contributed by atoms with van der Waals surface area (Å²) in [5.74, 6) is -1.45. The quantitative estimate of drug-likeness (QED) is 0.0895. The summed E-state index contributed by atoms with van der Waals surface area (Å²) in [6, 6.07) is 7.43. The zero-order valence-electron chi connectivity index (χ0n) is 35.6. The fraction of sp³-hybridized carbons (Fsp3) is 0.500. The molecule has 0 radical (unpaired) electrons. The van der Waals surface area contributed by atoms with Crippen molar-refractivity contribution in [2.75, 3.05) is 81.7 Å². The largest absolute Gasteiger partial charge is 0.444 e. The number of alkyl halides is 2. The second-order valence-corrected chi connectivity index (χ2v) is 16.6. The van der Waals surface area contributed by atoms with Crippen LogP contribution in [0, 0.1) is 5.92 Å². The maximum Gasteiger partial charge on any atom is 0.284 e. The van der Waals surface area contributed by atoms with Gasteiger partial charge in [0, 0.05) is 76.0 Å². The van der Waals surface area contributed by atoms with Gasteiger partial charge in [0.1, 0.15) is 18.1 Å². The lowest BCUT2D eigenvalue weighted by Crippen LogP contribution is -2.54. The van der Waals surface area contributed by atoms with Crippen molar-refractivity contribution in [1.29, 1.82) is 0 Å². The van der Waals surface area contributed by atoms with Crippen LogP contribution in [0.15, 0.2) is 53.4 Å². The summed E-state index contributed by atoms with van der Waals surface area (Å²) in [4.78, 5) is 77.7. The highest BCUT2D eigenvalue weighted by Gasteiger charge is 2.45. The van der Waals surface area contributed by atoms with E-state index < -0.39 is 47.7 Å². The fourth-order valence-electron chi connectivity index (χ4n) is 8.79. The van der Waals surface area contributed by atoms with Crippen LogP contribution in [0.2, 0.25) is 0 Å². The molecule has 4 aliphatic rings. The highest BCUT2D eigenvalue weighted by molar-refractivity contribution is 6.25. The van der Waals surface area contributed by atoms with Gasteiger partial charge in [0.15, 0.2) is 11.4 Å². The van der Waals surface area contributed by atoms with E-state index in [1.165, 1.54) is 12.5 Å². The lowest BCUT2D eigenvalue weighted by molar-refractivity contribution is -0.136. The average molecular weight is 887 g/mol. The number of oxazole rings is 1. The van der Waals surface area contributed by atoms with Crippen molar-refractivity contribution in [2.45, 2.75) is 69.9 Å². The van der Waals surface area contributed by atoms with E-state index >= 15 is 0 Å². The standard InChI is InChI=1S/C44H52F2N10O8/c1-53(16-4-20-62-19-3-14-47-31-6-2-5-30-37(31)44(61)56(43(30)60)34-11-12-36(57)51-41(34)59)24-27-7-9-29(10-8-27)55-25-32(38(52-55)39(45)46)49-40(58)33-26-64-42(50-33)28-13-15-48-35(23-28)54-17-21-63-22-18-54/h2,5-6,13,15,23,25-27,29,34,39,47H,3-4,7-12,14,16-22,24H2,1H3,(H,49,58)(H,51,57,59)/t27-,29-,34?. The number of imide groups is 2. The minimum absolute atomic E-state index is 0.0493. The van der Waals surface area contributed by atoms with Crippen LogP contribution in [0.4, 0.5) is 26.0 Å². The number of morpholine rings is 1. The summed E-state index contributed by atoms with van der Waals surface area (Å²) in [7, 11) is 2.08. The topological polar surface area (TPSA) is 206 Å². The maximum absolute atomic E-state index is 14.2. The highest BCUT2D eigenvalue weighted by atomic mass is 19.3. The first kappa shape index (κ1) is 44.5. The molecule has 20 heteroatoms. The zero-order valence-corrected chi connectivity index (χ0v) is 35.6. The maximum atomic E-state index is 14.2. The first-order chi connectivity index (χ1) is 31.0. The van der Waals surface area contributed by atoms with E-state index in [1.807, 2.05) is 6.07 Å². The SMILES string of the molecule is CN(CCCOCCCNc1cccc2c1C(=O)N(C1CCC(=O)NC1=O)C2=O)C[C@H]1CC[C@H](n2cc(NC(=O)c3coc(-c4ccnc(N5CCOCC5)c4)n3)c(C(F)F)n2)CC1. The van der Waals surface area contributed by atoms with Crippen molar-refractivity contribution < 1.29 is 46.6 Å². The Hall–Kier alpha value is -6.12. The van der Waals surface area contributed by atoms with Gasteiger partial charge in [-0.2, -0.15) is 5.10 Å². The van der Waals surface area contributed by atoms with Crippen molar-refractivity contribution in [3.63, 3.8) is 0 Å². The van der Waals surface area contributed by atoms with Crippen LogP contribution in [0.1, 0.15) is 101 Å². The van der Waals surface area contributed by atoms with Gasteiger partial charge in [-0.05, 0) is 82.2 Å². The number of ether oxygens (including phenoxy) is 2. The van der Waals surface area contributed by atoms with Gasteiger partial charge in [0.05, 0.1) is 36.1 Å². The third kappa shape index (κ3) is 10.1. The molecule has 1 unspecified atom stereocenters. The molecule has 6 heterocycles. The lowest BCUT2D eigenvalue weighted by atomic mass is 9.86. The van der Waals surface area contributed by atoms with Gasteiger partial charge in [-0.15, -0.1) is 0 Å². The van der Waals surface area contributed by atoms with Gasteiger partial charge >= 0.3 is 0 Å². The number of anilines is 3. The van der Waals surface area contributed by atoms with E-state index in [-0.39, 0.29) is 47.3 Å². The monoisotopic (exact) mass is 886 g/mol. The summed E-state index contributed by atoms with van der Waals surface area (Å²) in [6.07, 6.45) is 6.46. The summed E-state index contributed by atoms with van der Waals surface area (Å²) < 4.78 is 46.8. The van der Waals surface area contributed by atoms with Crippen molar-refractivity contribution in [3.8, 4) is 11.5 Å². The van der Waals surface area contributed by atoms with Crippen molar-refractivity contribution in [2.24, 2.45) is 5.92 Å². The molecule has 0 bridgehead atoms. The van der Waals surface area contributed by atoms with E-state index in [0.29, 0.717) is 69.7 Å². The molecule has 340 valence electrons. The van der Waals surface area contributed by atoms with E-state index in [1.54, 1.807) is 35.1 Å². The number of carbonyl (C=O) groups is 5. The molecule has 3 N–H and O–H groups in total. The second-order valence-electron chi connectivity index (χ2n) is 16.6. The molecule has 3 aliphatic heterocycles. The number of nitrogens with one attached hydrogen (secondary N) is 3. The Morgan fingerprint density at radius 2 is 1.81 bits per heavy atom. The van der Waals surface area contributed by atoms with E-state index in [9.17, 15) is 32.8 Å². The van der Waals surface area contributed by atoms with E-state index in [0.717, 1.165) is 55.9 Å². The Balaban J connectivity index is 0.731. The van der Waals surface area contributed by atoms with Crippen LogP contribution in [-0.2, 0) is 19.1 Å². The van der Waals surface area contributed by atoms with Gasteiger partial charge in [-0.1, -0.05) is 6.07 Å². The zero-order chi connectivity index (χ0) is 44.7. The number of halogens is 2. The number of fused-ring (bicyclic) bond motifs is 1. The lowest BCUT2D eigenvalue weighted by Gasteiger charge is -2.31. The number of pyridine rings is 1. The minimum Gasteiger partial charge on any atom is -0.444 e. The Kier molecular flexibility index (Phi) is 14.0. The molecule has 64 heavy (non-hydrogen) atoms. The molecule has 1 saturated carbocycles. The molecular weight excluding hydrogens is 835 g/mol. The van der Waals surface area contributed by atoms with Crippen molar-refractivity contribution in [3.05, 3.63) is 71.5 Å². The number of hydrogen-bond acceptors (Lipinski definition) is 14. The minimum atomic E-state index is -2.89. The van der Waals surface area contributed by atoms with E-state index in [4.69, 9.17) is 13.9 Å². The van der Waals surface area contributed by atoms with Gasteiger partial charge in [-0.3, -0.25) is 38.9 Å². The average Bonchev–Trinajstić information content (AvgIpc) is 4.03. The fourth-order valence-corrected chi connectivity index (χ4v) is 8.79. The van der Waals surface area contributed by atoms with Gasteiger partial charge in [0.2, 0.25) is 17.7 Å². The number of amides is 5. The predicted molar refractivity (Wildman–Crippen MR) is 228 cm³/mol. The first-order valence-corrected chi connectivity index (χ1v) is 21.8. The Morgan fingerprint density at radius 1 is 1.02 bits per heavy atom. The summed E-state index contributed by atoms with van der Waals surface area (Å²) >= 11 is 0. The Morgan fingerprint density at radius 3 is 2.59 bits per heavy atom. The molecule has 0 spiro atoms. The van der Waals surface area contributed by atoms with Crippen LogP contribution in [0.3, 0.4) is 0 Å². The van der Waals surface area contributed by atoms with Crippen LogP contribution in [0.5, 0.6) is 0 Å². The van der Waals surface area contributed by atoms with Crippen molar-refractivity contribution >= 4 is 46.7 Å². The number of nitrogens with zero attached hydrogens (tertiary/aromatic N) is 7. The molecule has 1 aromatic carbocycles. The molecule has 1 atom stereocenters. The molecule has 2 saturated heterocycles. The third-order valence-electron chi connectivity index (χ3n) is 12.1. The highest BCUT2D eigenvalue weighted by Crippen LogP contribution is 2.36. The third-order valence-corrected chi connectivity index (χ3v) is 12.1. The first-order valence-electron chi connectivity index (χ1n) is 21.8. The number of benzene rings is 1. The van der Waals surface area contributed by atoms with Crippen LogP contribution in [-0.4, -0.2) is 131 Å². The molecule has 3 aromatic heterocycles. The van der Waals surface area contributed by atoms with Crippen LogP contribution < -0.4 is 20.9 Å². The number of aromatic nitrogens is 4. The van der Waals surface area contributed by atoms with Gasteiger partial charge in [-0.25, -0.2) is 18.7 Å². The summed E-state index contributed by atoms with van der Waals surface area (Å²) in [5, 5.41) is 12.2. The predicted octanol–water partition coefficient (Wildman–Crippen LogP) is 4.93. The van der Waals surface area contributed by atoms with Gasteiger partial charge in [0.25, 0.3) is 24.1 Å². The van der Waals surface area contributed by atoms with Crippen molar-refractivity contribution in [1.82, 2.24) is 34.9 Å². The molecule has 3 fully saturated rings. The van der Waals surface area contributed by atoms with Crippen LogP contribution in [0.25, 0.3) is 11.5 Å². The molecule has 1 aliphatic carbocycles. The molecule has 5 amide bonds. The molecule has 18 nitrogen and oxygen atoms in total. The second kappa shape index (κ2) is 20.2. The van der Waals surface area contributed by atoms with Crippen LogP contribution >= 0.6 is 0 Å².